The topological polar surface area (TPSA) is 59.0 Å². The van der Waals surface area contributed by atoms with Gasteiger partial charge in [-0.05, 0) is 42.8 Å². The molecule has 4 aromatic heterocycles. The monoisotopic (exact) mass is 420 g/mol. The van der Waals surface area contributed by atoms with E-state index in [1.54, 1.807) is 41.3 Å². The normalized spacial score (nSPS) is 10.8. The lowest BCUT2D eigenvalue weighted by Crippen LogP contribution is -2.32. The van der Waals surface area contributed by atoms with E-state index < -0.39 is 0 Å². The summed E-state index contributed by atoms with van der Waals surface area (Å²) in [7, 11) is 0. The first-order valence-electron chi connectivity index (χ1n) is 9.28. The van der Waals surface area contributed by atoms with Gasteiger partial charge in [0.25, 0.3) is 5.91 Å². The van der Waals surface area contributed by atoms with Gasteiger partial charge in [-0.1, -0.05) is 6.07 Å². The first-order valence-corrected chi connectivity index (χ1v) is 11.0. The van der Waals surface area contributed by atoms with E-state index in [1.165, 1.54) is 0 Å². The second-order valence-electron chi connectivity index (χ2n) is 6.60. The van der Waals surface area contributed by atoms with E-state index in [2.05, 4.69) is 15.0 Å². The minimum Gasteiger partial charge on any atom is -0.334 e. The molecule has 0 bridgehead atoms. The van der Waals surface area contributed by atoms with Crippen molar-refractivity contribution in [1.82, 2.24) is 19.9 Å². The summed E-state index contributed by atoms with van der Waals surface area (Å²) < 4.78 is 0. The summed E-state index contributed by atoms with van der Waals surface area (Å²) in [6.07, 6.45) is 6.00. The van der Waals surface area contributed by atoms with Crippen LogP contribution in [0.3, 0.4) is 0 Å². The predicted molar refractivity (Wildman–Crippen MR) is 117 cm³/mol. The first-order chi connectivity index (χ1) is 14.2. The molecular weight excluding hydrogens is 400 g/mol. The largest absolute Gasteiger partial charge is 0.334 e. The number of amides is 1. The highest BCUT2D eigenvalue weighted by Crippen LogP contribution is 2.29. The van der Waals surface area contributed by atoms with Crippen molar-refractivity contribution in [3.8, 4) is 10.6 Å². The maximum absolute atomic E-state index is 13.3. The number of hydrogen-bond donors (Lipinski definition) is 0. The highest BCUT2D eigenvalue weighted by molar-refractivity contribution is 7.14. The molecule has 0 radical (unpaired) electrons. The molecule has 5 nitrogen and oxygen atoms in total. The van der Waals surface area contributed by atoms with Crippen molar-refractivity contribution < 1.29 is 4.79 Å². The van der Waals surface area contributed by atoms with Crippen molar-refractivity contribution in [2.45, 2.75) is 19.9 Å². The Hall–Kier alpha value is -2.90. The number of hydrogen-bond acceptors (Lipinski definition) is 6. The molecule has 0 aromatic carbocycles. The van der Waals surface area contributed by atoms with E-state index in [0.29, 0.717) is 25.1 Å². The van der Waals surface area contributed by atoms with Crippen LogP contribution in [0.25, 0.3) is 10.6 Å². The molecule has 29 heavy (non-hydrogen) atoms. The van der Waals surface area contributed by atoms with Crippen LogP contribution in [0.15, 0.2) is 65.7 Å². The average molecular weight is 421 g/mol. The van der Waals surface area contributed by atoms with Crippen LogP contribution < -0.4 is 0 Å². The van der Waals surface area contributed by atoms with E-state index in [-0.39, 0.29) is 5.91 Å². The third-order valence-electron chi connectivity index (χ3n) is 4.49. The van der Waals surface area contributed by atoms with Crippen LogP contribution in [0.4, 0.5) is 0 Å². The number of aromatic nitrogens is 3. The zero-order chi connectivity index (χ0) is 20.1. The lowest BCUT2D eigenvalue weighted by atomic mass is 10.2. The van der Waals surface area contributed by atoms with E-state index in [4.69, 9.17) is 0 Å². The van der Waals surface area contributed by atoms with Crippen LogP contribution in [0, 0.1) is 6.92 Å². The molecule has 4 heterocycles. The van der Waals surface area contributed by atoms with Gasteiger partial charge in [0.05, 0.1) is 21.1 Å². The van der Waals surface area contributed by atoms with Crippen LogP contribution in [0.2, 0.25) is 0 Å². The molecule has 146 valence electrons. The fraction of sp³-hybridized carbons (Fsp3) is 0.182. The van der Waals surface area contributed by atoms with Crippen molar-refractivity contribution in [1.29, 1.82) is 0 Å². The molecular formula is C22H20N4OS2. The number of carbonyl (C=O) groups is 1. The summed E-state index contributed by atoms with van der Waals surface area (Å²) in [6, 6.07) is 11.7. The van der Waals surface area contributed by atoms with Gasteiger partial charge in [0, 0.05) is 54.6 Å². The SMILES string of the molecule is Cc1nc(-c2cc(C(=O)N(CCc3ccccn3)Cc3ccncc3)cs2)cs1. The number of carbonyl (C=O) groups excluding carboxylic acids is 1. The number of thiophene rings is 1. The smallest absolute Gasteiger partial charge is 0.255 e. The van der Waals surface area contributed by atoms with Gasteiger partial charge < -0.3 is 4.90 Å². The first kappa shape index (κ1) is 19.4. The second kappa shape index (κ2) is 9.07. The lowest BCUT2D eigenvalue weighted by molar-refractivity contribution is 0.0745. The van der Waals surface area contributed by atoms with Gasteiger partial charge in [-0.25, -0.2) is 4.98 Å². The number of aryl methyl sites for hydroxylation is 1. The Bertz CT molecular complexity index is 1080. The molecule has 0 aliphatic carbocycles. The molecule has 0 N–H and O–H groups in total. The van der Waals surface area contributed by atoms with Crippen LogP contribution in [-0.4, -0.2) is 32.3 Å². The standard InChI is InChI=1S/C22H20N4OS2/c1-16-25-20(15-28-16)21-12-18(14-29-21)22(27)26(13-17-5-9-23-10-6-17)11-7-19-4-2-3-8-24-19/h2-6,8-10,12,14-15H,7,11,13H2,1H3. The number of rotatable bonds is 7. The van der Waals surface area contributed by atoms with E-state index in [0.717, 1.165) is 26.8 Å². The fourth-order valence-corrected chi connectivity index (χ4v) is 4.53. The molecule has 0 saturated carbocycles. The van der Waals surface area contributed by atoms with Crippen molar-refractivity contribution in [3.63, 3.8) is 0 Å². The van der Waals surface area contributed by atoms with Gasteiger partial charge in [-0.2, -0.15) is 0 Å². The maximum atomic E-state index is 13.3. The van der Waals surface area contributed by atoms with Crippen molar-refractivity contribution in [2.75, 3.05) is 6.54 Å². The average Bonchev–Trinajstić information content (AvgIpc) is 3.41. The zero-order valence-electron chi connectivity index (χ0n) is 16.0. The van der Waals surface area contributed by atoms with E-state index in [1.807, 2.05) is 59.0 Å². The van der Waals surface area contributed by atoms with Crippen molar-refractivity contribution in [3.05, 3.63) is 87.6 Å². The Balaban J connectivity index is 1.54. The quantitative estimate of drug-likeness (QED) is 0.429. The summed E-state index contributed by atoms with van der Waals surface area (Å²) in [5, 5.41) is 4.98. The van der Waals surface area contributed by atoms with Gasteiger partial charge in [-0.15, -0.1) is 22.7 Å². The van der Waals surface area contributed by atoms with Gasteiger partial charge in [0.2, 0.25) is 0 Å². The highest BCUT2D eigenvalue weighted by atomic mass is 32.1. The molecule has 7 heteroatoms. The van der Waals surface area contributed by atoms with Gasteiger partial charge in [0.1, 0.15) is 0 Å². The molecule has 0 unspecified atom stereocenters. The molecule has 0 aliphatic heterocycles. The number of thiazole rings is 1. The Morgan fingerprint density at radius 3 is 2.66 bits per heavy atom. The summed E-state index contributed by atoms with van der Waals surface area (Å²) in [6.45, 7) is 3.12. The van der Waals surface area contributed by atoms with E-state index in [9.17, 15) is 4.79 Å². The summed E-state index contributed by atoms with van der Waals surface area (Å²) in [5.41, 5.74) is 3.67. The third kappa shape index (κ3) is 4.93. The van der Waals surface area contributed by atoms with Gasteiger partial charge in [0.15, 0.2) is 0 Å². The van der Waals surface area contributed by atoms with Crippen LogP contribution in [0.1, 0.15) is 26.6 Å². The lowest BCUT2D eigenvalue weighted by Gasteiger charge is -2.22. The molecule has 1 amide bonds. The summed E-state index contributed by atoms with van der Waals surface area (Å²) in [4.78, 5) is 29.2. The summed E-state index contributed by atoms with van der Waals surface area (Å²) >= 11 is 3.17. The summed E-state index contributed by atoms with van der Waals surface area (Å²) in [5.74, 6) is 0.0206. The van der Waals surface area contributed by atoms with Crippen LogP contribution >= 0.6 is 22.7 Å². The minimum atomic E-state index is 0.0206. The fourth-order valence-electron chi connectivity index (χ4n) is 3.00. The molecule has 0 atom stereocenters. The molecule has 4 rings (SSSR count). The molecule has 0 saturated heterocycles. The van der Waals surface area contributed by atoms with Gasteiger partial charge in [-0.3, -0.25) is 14.8 Å². The Morgan fingerprint density at radius 1 is 1.07 bits per heavy atom. The molecule has 0 aliphatic rings. The number of nitrogens with zero attached hydrogens (tertiary/aromatic N) is 4. The Kier molecular flexibility index (Phi) is 6.07. The predicted octanol–water partition coefficient (Wildman–Crippen LogP) is 4.86. The molecule has 0 spiro atoms. The Labute approximate surface area is 177 Å². The highest BCUT2D eigenvalue weighted by Gasteiger charge is 2.19. The van der Waals surface area contributed by atoms with Crippen LogP contribution in [-0.2, 0) is 13.0 Å². The minimum absolute atomic E-state index is 0.0206. The van der Waals surface area contributed by atoms with E-state index >= 15 is 0 Å². The van der Waals surface area contributed by atoms with Crippen molar-refractivity contribution in [2.24, 2.45) is 0 Å². The van der Waals surface area contributed by atoms with Crippen molar-refractivity contribution >= 4 is 28.6 Å². The zero-order valence-corrected chi connectivity index (χ0v) is 17.6. The molecule has 0 fully saturated rings. The number of pyridine rings is 2. The van der Waals surface area contributed by atoms with Gasteiger partial charge >= 0.3 is 0 Å². The third-order valence-corrected chi connectivity index (χ3v) is 6.22. The van der Waals surface area contributed by atoms with Crippen LogP contribution in [0.5, 0.6) is 0 Å². The second-order valence-corrected chi connectivity index (χ2v) is 8.58. The maximum Gasteiger partial charge on any atom is 0.255 e. The molecule has 4 aromatic rings. The Morgan fingerprint density at radius 2 is 1.93 bits per heavy atom.